The molecule has 0 bridgehead atoms. The molecule has 3 N–H and O–H groups in total. The second-order valence-electron chi connectivity index (χ2n) is 5.91. The molecule has 118 valence electrons. The van der Waals surface area contributed by atoms with Crippen LogP contribution in [-0.4, -0.2) is 25.1 Å². The van der Waals surface area contributed by atoms with E-state index in [4.69, 9.17) is 33.7 Å². The van der Waals surface area contributed by atoms with Crippen LogP contribution in [0.5, 0.6) is 5.75 Å². The van der Waals surface area contributed by atoms with E-state index in [1.807, 2.05) is 20.8 Å². The molecule has 0 aromatic heterocycles. The van der Waals surface area contributed by atoms with Crippen LogP contribution in [0.15, 0.2) is 18.2 Å². The molecule has 1 amide bonds. The van der Waals surface area contributed by atoms with Crippen LogP contribution in [0.2, 0.25) is 10.0 Å². The van der Waals surface area contributed by atoms with Gasteiger partial charge in [0.25, 0.3) is 0 Å². The van der Waals surface area contributed by atoms with Crippen LogP contribution in [0.1, 0.15) is 27.2 Å². The Bertz CT molecular complexity index is 487. The first-order valence-corrected chi connectivity index (χ1v) is 7.58. The molecule has 1 atom stereocenters. The van der Waals surface area contributed by atoms with Crippen LogP contribution in [0.3, 0.4) is 0 Å². The Morgan fingerprint density at radius 3 is 2.62 bits per heavy atom. The average Bonchev–Trinajstić information content (AvgIpc) is 2.38. The minimum Gasteiger partial charge on any atom is -0.492 e. The largest absolute Gasteiger partial charge is 0.492 e. The number of benzene rings is 1. The monoisotopic (exact) mass is 332 g/mol. The van der Waals surface area contributed by atoms with Gasteiger partial charge in [0.2, 0.25) is 5.91 Å². The Hall–Kier alpha value is -0.970. The topological polar surface area (TPSA) is 64.4 Å². The maximum atomic E-state index is 11.8. The van der Waals surface area contributed by atoms with Crippen LogP contribution < -0.4 is 15.8 Å². The first-order valence-electron chi connectivity index (χ1n) is 6.83. The number of nitrogens with one attached hydrogen (secondary N) is 1. The van der Waals surface area contributed by atoms with Crippen LogP contribution in [0.25, 0.3) is 0 Å². The van der Waals surface area contributed by atoms with E-state index in [9.17, 15) is 4.79 Å². The molecule has 1 aromatic carbocycles. The maximum Gasteiger partial charge on any atom is 0.237 e. The van der Waals surface area contributed by atoms with Crippen molar-refractivity contribution in [2.45, 2.75) is 33.2 Å². The second-order valence-corrected chi connectivity index (χ2v) is 6.76. The normalized spacial score (nSPS) is 12.9. The van der Waals surface area contributed by atoms with Crippen LogP contribution in [0.4, 0.5) is 0 Å². The third kappa shape index (κ3) is 6.12. The molecular formula is C15H22Cl2N2O2. The van der Waals surface area contributed by atoms with Crippen molar-refractivity contribution in [3.63, 3.8) is 0 Å². The van der Waals surface area contributed by atoms with Gasteiger partial charge >= 0.3 is 0 Å². The van der Waals surface area contributed by atoms with E-state index in [0.29, 0.717) is 35.4 Å². The summed E-state index contributed by atoms with van der Waals surface area (Å²) < 4.78 is 5.53. The van der Waals surface area contributed by atoms with E-state index in [-0.39, 0.29) is 11.3 Å². The van der Waals surface area contributed by atoms with Gasteiger partial charge in [0.1, 0.15) is 5.75 Å². The van der Waals surface area contributed by atoms with Crippen molar-refractivity contribution >= 4 is 29.1 Å². The standard InChI is InChI=1S/C15H22Cl2N2O2/c1-15(2,3)13(18)14(20)19-7-4-8-21-12-6-5-10(16)9-11(12)17/h5-6,9,13H,4,7-8,18H2,1-3H3,(H,19,20)/t13-/m1/s1. The van der Waals surface area contributed by atoms with Gasteiger partial charge in [0.05, 0.1) is 17.7 Å². The number of carbonyl (C=O) groups excluding carboxylic acids is 1. The summed E-state index contributed by atoms with van der Waals surface area (Å²) in [5, 5.41) is 3.84. The Labute approximate surface area is 135 Å². The van der Waals surface area contributed by atoms with Crippen LogP contribution in [-0.2, 0) is 4.79 Å². The van der Waals surface area contributed by atoms with Gasteiger partial charge < -0.3 is 15.8 Å². The molecule has 0 aliphatic carbocycles. The Kier molecular flexibility index (Phi) is 6.78. The zero-order valence-corrected chi connectivity index (χ0v) is 14.1. The number of rotatable bonds is 6. The molecule has 0 saturated carbocycles. The molecule has 1 aromatic rings. The first kappa shape index (κ1) is 18.1. The van der Waals surface area contributed by atoms with E-state index in [1.54, 1.807) is 18.2 Å². The molecule has 0 aliphatic rings. The summed E-state index contributed by atoms with van der Waals surface area (Å²) in [5.74, 6) is 0.436. The number of ether oxygens (including phenoxy) is 1. The highest BCUT2D eigenvalue weighted by molar-refractivity contribution is 6.35. The summed E-state index contributed by atoms with van der Waals surface area (Å²) in [6.07, 6.45) is 0.668. The number of amides is 1. The highest BCUT2D eigenvalue weighted by Gasteiger charge is 2.26. The number of halogens is 2. The van der Waals surface area contributed by atoms with Crippen molar-refractivity contribution in [3.8, 4) is 5.75 Å². The lowest BCUT2D eigenvalue weighted by molar-refractivity contribution is -0.124. The van der Waals surface area contributed by atoms with Gasteiger partial charge in [0.15, 0.2) is 0 Å². The third-order valence-electron chi connectivity index (χ3n) is 2.99. The van der Waals surface area contributed by atoms with Gasteiger partial charge in [-0.25, -0.2) is 0 Å². The lowest BCUT2D eigenvalue weighted by atomic mass is 9.87. The zero-order valence-electron chi connectivity index (χ0n) is 12.6. The van der Waals surface area contributed by atoms with Gasteiger partial charge in [0, 0.05) is 11.6 Å². The van der Waals surface area contributed by atoms with E-state index in [1.165, 1.54) is 0 Å². The zero-order chi connectivity index (χ0) is 16.0. The highest BCUT2D eigenvalue weighted by atomic mass is 35.5. The molecule has 1 rings (SSSR count). The third-order valence-corrected chi connectivity index (χ3v) is 3.52. The van der Waals surface area contributed by atoms with Crippen LogP contribution >= 0.6 is 23.2 Å². The molecule has 6 heteroatoms. The number of hydrogen-bond acceptors (Lipinski definition) is 3. The predicted octanol–water partition coefficient (Wildman–Crippen LogP) is 3.25. The Balaban J connectivity index is 2.27. The molecule has 0 saturated heterocycles. The minimum atomic E-state index is -0.524. The molecular weight excluding hydrogens is 311 g/mol. The van der Waals surface area contributed by atoms with Crippen molar-refractivity contribution < 1.29 is 9.53 Å². The van der Waals surface area contributed by atoms with Crippen molar-refractivity contribution in [2.24, 2.45) is 11.1 Å². The smallest absolute Gasteiger partial charge is 0.237 e. The van der Waals surface area contributed by atoms with E-state index < -0.39 is 6.04 Å². The molecule has 0 radical (unpaired) electrons. The minimum absolute atomic E-state index is 0.146. The summed E-state index contributed by atoms with van der Waals surface area (Å²) in [6, 6.07) is 4.54. The van der Waals surface area contributed by atoms with Gasteiger partial charge in [-0.2, -0.15) is 0 Å². The van der Waals surface area contributed by atoms with Gasteiger partial charge in [-0.05, 0) is 30.0 Å². The number of carbonyl (C=O) groups is 1. The van der Waals surface area contributed by atoms with Crippen LogP contribution in [0, 0.1) is 5.41 Å². The number of hydrogen-bond donors (Lipinski definition) is 2. The molecule has 0 aliphatic heterocycles. The lowest BCUT2D eigenvalue weighted by Gasteiger charge is -2.25. The molecule has 21 heavy (non-hydrogen) atoms. The Morgan fingerprint density at radius 1 is 1.38 bits per heavy atom. The summed E-state index contributed by atoms with van der Waals surface area (Å²) in [6.45, 7) is 6.76. The summed E-state index contributed by atoms with van der Waals surface area (Å²) >= 11 is 11.8. The van der Waals surface area contributed by atoms with Gasteiger partial charge in [-0.3, -0.25) is 4.79 Å². The predicted molar refractivity (Wildman–Crippen MR) is 87.0 cm³/mol. The fourth-order valence-corrected chi connectivity index (χ4v) is 2.02. The molecule has 4 nitrogen and oxygen atoms in total. The molecule has 0 fully saturated rings. The summed E-state index contributed by atoms with van der Waals surface area (Å²) in [5.41, 5.74) is 5.61. The fraction of sp³-hybridized carbons (Fsp3) is 0.533. The molecule has 0 unspecified atom stereocenters. The van der Waals surface area contributed by atoms with Crippen molar-refractivity contribution in [1.82, 2.24) is 5.32 Å². The SMILES string of the molecule is CC(C)(C)[C@H](N)C(=O)NCCCOc1ccc(Cl)cc1Cl. The summed E-state index contributed by atoms with van der Waals surface area (Å²) in [4.78, 5) is 11.8. The fourth-order valence-electron chi connectivity index (χ4n) is 1.56. The van der Waals surface area contributed by atoms with E-state index >= 15 is 0 Å². The number of nitrogens with two attached hydrogens (primary N) is 1. The highest BCUT2D eigenvalue weighted by Crippen LogP contribution is 2.27. The lowest BCUT2D eigenvalue weighted by Crippen LogP contribution is -2.48. The van der Waals surface area contributed by atoms with E-state index in [0.717, 1.165) is 0 Å². The Morgan fingerprint density at radius 2 is 2.05 bits per heavy atom. The van der Waals surface area contributed by atoms with Crippen molar-refractivity contribution in [1.29, 1.82) is 0 Å². The first-order chi connectivity index (χ1) is 9.71. The van der Waals surface area contributed by atoms with Crippen molar-refractivity contribution in [3.05, 3.63) is 28.2 Å². The van der Waals surface area contributed by atoms with Crippen molar-refractivity contribution in [2.75, 3.05) is 13.2 Å². The maximum absolute atomic E-state index is 11.8. The quantitative estimate of drug-likeness (QED) is 0.786. The van der Waals surface area contributed by atoms with Gasteiger partial charge in [-0.15, -0.1) is 0 Å². The van der Waals surface area contributed by atoms with Gasteiger partial charge in [-0.1, -0.05) is 44.0 Å². The van der Waals surface area contributed by atoms with E-state index in [2.05, 4.69) is 5.32 Å². The molecule has 0 spiro atoms. The average molecular weight is 333 g/mol. The second kappa shape index (κ2) is 7.87. The summed E-state index contributed by atoms with van der Waals surface area (Å²) in [7, 11) is 0. The molecule has 0 heterocycles.